The molecule has 0 radical (unpaired) electrons. The molecule has 0 aliphatic rings. The zero-order chi connectivity index (χ0) is 32.8. The number of fused-ring (bicyclic) bond motifs is 12. The molecule has 6 nitrogen and oxygen atoms in total. The maximum atomic E-state index is 5.34. The average molecular weight is 639 g/mol. The highest BCUT2D eigenvalue weighted by atomic mass is 15.2. The molecular weight excluding hydrogens is 613 g/mol. The quantitative estimate of drug-likeness (QED) is 0.181. The molecule has 0 bridgehead atoms. The SMILES string of the molecule is c1ccc(-c2ncc3c4ccccc4c4cnc(-n5c6ccccc6c6cc(-n7c8ccccc8c8ccccc87)ccc65)nc4c3n2)cc1. The molecule has 0 fully saturated rings. The highest BCUT2D eigenvalue weighted by molar-refractivity contribution is 6.23. The Morgan fingerprint density at radius 3 is 1.52 bits per heavy atom. The van der Waals surface area contributed by atoms with Gasteiger partial charge in [-0.1, -0.05) is 109 Å². The summed E-state index contributed by atoms with van der Waals surface area (Å²) in [5, 5.41) is 8.87. The molecule has 0 unspecified atom stereocenters. The molecule has 0 atom stereocenters. The standard InChI is InChI=1S/C44H26N6/c1-2-12-27(13-3-1)43-45-25-35-29-14-4-5-15-30(29)36-26-46-44(48-42(36)41(35)47-43)50-39-21-11-8-18-33(39)34-24-28(22-23-40(34)50)49-37-19-9-6-16-31(37)32-17-7-10-20-38(32)49/h1-26H. The topological polar surface area (TPSA) is 61.4 Å². The average Bonchev–Trinajstić information content (AvgIpc) is 3.70. The van der Waals surface area contributed by atoms with Crippen LogP contribution in [-0.2, 0) is 0 Å². The smallest absolute Gasteiger partial charge is 0.235 e. The lowest BCUT2D eigenvalue weighted by atomic mass is 10.0. The minimum Gasteiger partial charge on any atom is -0.309 e. The van der Waals surface area contributed by atoms with Gasteiger partial charge in [0.1, 0.15) is 11.0 Å². The summed E-state index contributed by atoms with van der Waals surface area (Å²) in [4.78, 5) is 20.3. The summed E-state index contributed by atoms with van der Waals surface area (Å²) < 4.78 is 4.55. The molecule has 0 saturated heterocycles. The Hall–Kier alpha value is -6.92. The first-order chi connectivity index (χ1) is 24.8. The van der Waals surface area contributed by atoms with Crippen molar-refractivity contribution in [2.75, 3.05) is 0 Å². The number of hydrogen-bond acceptors (Lipinski definition) is 4. The zero-order valence-electron chi connectivity index (χ0n) is 26.7. The van der Waals surface area contributed by atoms with Crippen LogP contribution in [0, 0.1) is 0 Å². The van der Waals surface area contributed by atoms with Crippen LogP contribution in [0.4, 0.5) is 0 Å². The second-order valence-electron chi connectivity index (χ2n) is 12.7. The van der Waals surface area contributed by atoms with Crippen LogP contribution in [0.2, 0.25) is 0 Å². The maximum absolute atomic E-state index is 5.34. The van der Waals surface area contributed by atoms with Crippen molar-refractivity contribution in [1.29, 1.82) is 0 Å². The Balaban J connectivity index is 1.19. The third-order valence-corrected chi connectivity index (χ3v) is 10.0. The lowest BCUT2D eigenvalue weighted by molar-refractivity contribution is 1.01. The molecule has 0 aliphatic heterocycles. The van der Waals surface area contributed by atoms with Gasteiger partial charge in [-0.05, 0) is 47.2 Å². The van der Waals surface area contributed by atoms with Crippen LogP contribution in [0.25, 0.3) is 99.2 Å². The van der Waals surface area contributed by atoms with Crippen molar-refractivity contribution in [1.82, 2.24) is 29.1 Å². The van der Waals surface area contributed by atoms with Gasteiger partial charge in [0.05, 0.1) is 22.1 Å². The highest BCUT2D eigenvalue weighted by Gasteiger charge is 2.19. The fraction of sp³-hybridized carbons (Fsp3) is 0. The molecule has 0 spiro atoms. The van der Waals surface area contributed by atoms with Gasteiger partial charge in [-0.3, -0.25) is 4.57 Å². The molecular formula is C44H26N6. The Morgan fingerprint density at radius 2 is 0.860 bits per heavy atom. The predicted molar refractivity (Wildman–Crippen MR) is 204 cm³/mol. The maximum Gasteiger partial charge on any atom is 0.235 e. The van der Waals surface area contributed by atoms with E-state index in [9.17, 15) is 0 Å². The van der Waals surface area contributed by atoms with Gasteiger partial charge < -0.3 is 4.57 Å². The van der Waals surface area contributed by atoms with Crippen LogP contribution in [0.1, 0.15) is 0 Å². The molecule has 4 heterocycles. The monoisotopic (exact) mass is 638 g/mol. The molecule has 0 N–H and O–H groups in total. The van der Waals surface area contributed by atoms with Crippen molar-refractivity contribution in [2.24, 2.45) is 0 Å². The van der Waals surface area contributed by atoms with E-state index < -0.39 is 0 Å². The van der Waals surface area contributed by atoms with Crippen molar-refractivity contribution >= 4 is 76.2 Å². The number of hydrogen-bond donors (Lipinski definition) is 0. The van der Waals surface area contributed by atoms with Crippen molar-refractivity contribution in [3.63, 3.8) is 0 Å². The van der Waals surface area contributed by atoms with E-state index in [0.717, 1.165) is 65.6 Å². The summed E-state index contributed by atoms with van der Waals surface area (Å²) in [5.74, 6) is 1.27. The lowest BCUT2D eigenvalue weighted by Gasteiger charge is -2.12. The first-order valence-electron chi connectivity index (χ1n) is 16.7. The van der Waals surface area contributed by atoms with E-state index in [2.05, 4.69) is 124 Å². The normalized spacial score (nSPS) is 12.0. The van der Waals surface area contributed by atoms with E-state index in [4.69, 9.17) is 19.9 Å². The van der Waals surface area contributed by atoms with Crippen LogP contribution in [0.3, 0.4) is 0 Å². The molecule has 7 aromatic carbocycles. The van der Waals surface area contributed by atoms with Crippen LogP contribution in [0.15, 0.2) is 158 Å². The van der Waals surface area contributed by atoms with Crippen molar-refractivity contribution in [3.8, 4) is 23.0 Å². The van der Waals surface area contributed by atoms with Crippen LogP contribution in [0.5, 0.6) is 0 Å². The highest BCUT2D eigenvalue weighted by Crippen LogP contribution is 2.38. The van der Waals surface area contributed by atoms with E-state index in [1.54, 1.807) is 0 Å². The third kappa shape index (κ3) is 3.78. The Morgan fingerprint density at radius 1 is 0.360 bits per heavy atom. The predicted octanol–water partition coefficient (Wildman–Crippen LogP) is 10.6. The summed E-state index contributed by atoms with van der Waals surface area (Å²) in [5.41, 5.74) is 8.15. The van der Waals surface area contributed by atoms with Crippen molar-refractivity contribution in [3.05, 3.63) is 158 Å². The largest absolute Gasteiger partial charge is 0.309 e. The van der Waals surface area contributed by atoms with Crippen molar-refractivity contribution < 1.29 is 0 Å². The van der Waals surface area contributed by atoms with Gasteiger partial charge in [-0.15, -0.1) is 0 Å². The van der Waals surface area contributed by atoms with E-state index in [1.807, 2.05) is 42.7 Å². The summed E-state index contributed by atoms with van der Waals surface area (Å²) >= 11 is 0. The van der Waals surface area contributed by atoms with E-state index in [1.165, 1.54) is 21.8 Å². The second-order valence-corrected chi connectivity index (χ2v) is 12.7. The number of rotatable bonds is 3. The number of aromatic nitrogens is 6. The molecule has 11 rings (SSSR count). The van der Waals surface area contributed by atoms with E-state index in [-0.39, 0.29) is 0 Å². The molecule has 0 saturated carbocycles. The fourth-order valence-corrected chi connectivity index (χ4v) is 7.81. The number of benzene rings is 7. The molecule has 4 aromatic heterocycles. The lowest BCUT2D eigenvalue weighted by Crippen LogP contribution is -2.02. The Labute approximate surface area is 285 Å². The van der Waals surface area contributed by atoms with E-state index in [0.29, 0.717) is 11.8 Å². The van der Waals surface area contributed by atoms with Gasteiger partial charge in [-0.2, -0.15) is 0 Å². The Kier molecular flexibility index (Phi) is 5.57. The van der Waals surface area contributed by atoms with Gasteiger partial charge in [-0.25, -0.2) is 19.9 Å². The molecule has 0 amide bonds. The third-order valence-electron chi connectivity index (χ3n) is 10.0. The van der Waals surface area contributed by atoms with Gasteiger partial charge in [0.2, 0.25) is 5.95 Å². The van der Waals surface area contributed by atoms with Crippen LogP contribution < -0.4 is 0 Å². The van der Waals surface area contributed by atoms with Gasteiger partial charge >= 0.3 is 0 Å². The second kappa shape index (κ2) is 10.3. The van der Waals surface area contributed by atoms with Crippen molar-refractivity contribution in [2.45, 2.75) is 0 Å². The first-order valence-corrected chi connectivity index (χ1v) is 16.7. The fourth-order valence-electron chi connectivity index (χ4n) is 7.81. The van der Waals surface area contributed by atoms with E-state index >= 15 is 0 Å². The summed E-state index contributed by atoms with van der Waals surface area (Å²) in [6.45, 7) is 0. The molecule has 6 heteroatoms. The van der Waals surface area contributed by atoms with Gasteiger partial charge in [0, 0.05) is 56.0 Å². The molecule has 11 aromatic rings. The summed E-state index contributed by atoms with van der Waals surface area (Å²) in [6, 6.07) is 51.0. The molecule has 50 heavy (non-hydrogen) atoms. The minimum atomic E-state index is 0.602. The molecule has 232 valence electrons. The first kappa shape index (κ1) is 27.1. The summed E-state index contributed by atoms with van der Waals surface area (Å²) in [6.07, 6.45) is 3.89. The van der Waals surface area contributed by atoms with Crippen LogP contribution in [-0.4, -0.2) is 29.1 Å². The zero-order valence-corrected chi connectivity index (χ0v) is 26.7. The number of nitrogens with zero attached hydrogens (tertiary/aromatic N) is 6. The number of para-hydroxylation sites is 3. The van der Waals surface area contributed by atoms with Crippen LogP contribution >= 0.6 is 0 Å². The van der Waals surface area contributed by atoms with Gasteiger partial charge in [0.15, 0.2) is 5.82 Å². The van der Waals surface area contributed by atoms with Gasteiger partial charge in [0.25, 0.3) is 0 Å². The Bertz CT molecular complexity index is 3100. The molecule has 0 aliphatic carbocycles. The minimum absolute atomic E-state index is 0.602. The summed E-state index contributed by atoms with van der Waals surface area (Å²) in [7, 11) is 0.